The Bertz CT molecular complexity index is 818. The number of halogens is 2. The Balaban J connectivity index is 1.40. The first-order chi connectivity index (χ1) is 13.9. The minimum absolute atomic E-state index is 0.0327. The lowest BCUT2D eigenvalue weighted by Gasteiger charge is -2.32. The molecular formula is C23H28Cl2N2O2. The van der Waals surface area contributed by atoms with Crippen molar-refractivity contribution in [1.82, 2.24) is 10.2 Å². The van der Waals surface area contributed by atoms with Crippen LogP contribution in [0.2, 0.25) is 10.0 Å². The van der Waals surface area contributed by atoms with E-state index in [2.05, 4.69) is 10.2 Å². The van der Waals surface area contributed by atoms with Gasteiger partial charge >= 0.3 is 0 Å². The number of amides is 1. The zero-order valence-corrected chi connectivity index (χ0v) is 18.5. The van der Waals surface area contributed by atoms with Gasteiger partial charge in [-0.2, -0.15) is 0 Å². The summed E-state index contributed by atoms with van der Waals surface area (Å²) in [6.45, 7) is 7.02. The molecule has 156 valence electrons. The Morgan fingerprint density at radius 3 is 2.52 bits per heavy atom. The number of ether oxygens (including phenoxy) is 1. The second kappa shape index (κ2) is 10.3. The average Bonchev–Trinajstić information content (AvgIpc) is 2.70. The number of nitrogens with zero attached hydrogens (tertiary/aromatic N) is 1. The van der Waals surface area contributed by atoms with E-state index in [-0.39, 0.29) is 17.9 Å². The molecule has 0 aliphatic carbocycles. The van der Waals surface area contributed by atoms with E-state index in [0.717, 1.165) is 43.8 Å². The fraction of sp³-hybridized carbons (Fsp3) is 0.435. The van der Waals surface area contributed by atoms with Gasteiger partial charge in [-0.3, -0.25) is 9.69 Å². The first kappa shape index (κ1) is 21.9. The molecule has 29 heavy (non-hydrogen) atoms. The largest absolute Gasteiger partial charge is 0.491 e. The standard InChI is InChI=1S/C23H28Cl2N2O2/c1-16-3-7-21(8-4-16)29-15-17(2)26-23(28)18-9-11-27(12-10-18)14-19-5-6-20(24)13-22(19)25/h3-8,13,17-18H,9-12,14-15H2,1-2H3,(H,26,28)/t17-/m0/s1. The molecule has 1 N–H and O–H groups in total. The molecule has 1 saturated heterocycles. The number of piperidine rings is 1. The third-order valence-electron chi connectivity index (χ3n) is 5.28. The van der Waals surface area contributed by atoms with E-state index in [1.165, 1.54) is 5.56 Å². The van der Waals surface area contributed by atoms with E-state index < -0.39 is 0 Å². The summed E-state index contributed by atoms with van der Waals surface area (Å²) in [5, 5.41) is 4.43. The van der Waals surface area contributed by atoms with E-state index >= 15 is 0 Å². The number of benzene rings is 2. The Morgan fingerprint density at radius 1 is 1.17 bits per heavy atom. The summed E-state index contributed by atoms with van der Waals surface area (Å²) in [5.74, 6) is 0.994. The van der Waals surface area contributed by atoms with Gasteiger partial charge in [0.05, 0.1) is 6.04 Å². The topological polar surface area (TPSA) is 41.6 Å². The lowest BCUT2D eigenvalue weighted by molar-refractivity contribution is -0.127. The van der Waals surface area contributed by atoms with Gasteiger partial charge in [0.15, 0.2) is 0 Å². The fourth-order valence-electron chi connectivity index (χ4n) is 3.50. The minimum atomic E-state index is -0.0327. The number of hydrogen-bond donors (Lipinski definition) is 1. The number of likely N-dealkylation sites (tertiary alicyclic amines) is 1. The lowest BCUT2D eigenvalue weighted by Crippen LogP contribution is -2.44. The third-order valence-corrected chi connectivity index (χ3v) is 5.86. The monoisotopic (exact) mass is 434 g/mol. The molecule has 0 bridgehead atoms. The highest BCUT2D eigenvalue weighted by Crippen LogP contribution is 2.25. The van der Waals surface area contributed by atoms with Crippen LogP contribution in [0.5, 0.6) is 5.75 Å². The van der Waals surface area contributed by atoms with Crippen molar-refractivity contribution in [3.63, 3.8) is 0 Å². The van der Waals surface area contributed by atoms with E-state index in [1.54, 1.807) is 6.07 Å². The van der Waals surface area contributed by atoms with Crippen molar-refractivity contribution in [2.75, 3.05) is 19.7 Å². The molecule has 0 spiro atoms. The second-order valence-electron chi connectivity index (χ2n) is 7.82. The van der Waals surface area contributed by atoms with Gasteiger partial charge in [0.25, 0.3) is 0 Å². The van der Waals surface area contributed by atoms with E-state index in [1.807, 2.05) is 50.2 Å². The van der Waals surface area contributed by atoms with Crippen molar-refractivity contribution in [1.29, 1.82) is 0 Å². The summed E-state index contributed by atoms with van der Waals surface area (Å²) in [7, 11) is 0. The molecule has 4 nitrogen and oxygen atoms in total. The normalized spacial score (nSPS) is 16.4. The van der Waals surface area contributed by atoms with Crippen LogP contribution in [0.15, 0.2) is 42.5 Å². The molecule has 1 aliphatic rings. The molecule has 0 unspecified atom stereocenters. The SMILES string of the molecule is Cc1ccc(OC[C@H](C)NC(=O)C2CCN(Cc3ccc(Cl)cc3Cl)CC2)cc1. The summed E-state index contributed by atoms with van der Waals surface area (Å²) in [6.07, 6.45) is 1.70. The van der Waals surface area contributed by atoms with Crippen LogP contribution in [-0.2, 0) is 11.3 Å². The van der Waals surface area contributed by atoms with Crippen LogP contribution < -0.4 is 10.1 Å². The van der Waals surface area contributed by atoms with Crippen molar-refractivity contribution in [2.24, 2.45) is 5.92 Å². The Kier molecular flexibility index (Phi) is 7.82. The highest BCUT2D eigenvalue weighted by Gasteiger charge is 2.26. The lowest BCUT2D eigenvalue weighted by atomic mass is 9.95. The van der Waals surface area contributed by atoms with Crippen LogP contribution in [0.25, 0.3) is 0 Å². The summed E-state index contributed by atoms with van der Waals surface area (Å²) in [6, 6.07) is 13.5. The quantitative estimate of drug-likeness (QED) is 0.658. The van der Waals surface area contributed by atoms with E-state index in [0.29, 0.717) is 16.7 Å². The van der Waals surface area contributed by atoms with Gasteiger partial charge in [0.2, 0.25) is 5.91 Å². The summed E-state index contributed by atoms with van der Waals surface area (Å²) >= 11 is 12.2. The first-order valence-corrected chi connectivity index (χ1v) is 10.8. The molecule has 2 aromatic rings. The average molecular weight is 435 g/mol. The maximum Gasteiger partial charge on any atom is 0.223 e. The predicted molar refractivity (Wildman–Crippen MR) is 119 cm³/mol. The Morgan fingerprint density at radius 2 is 1.86 bits per heavy atom. The van der Waals surface area contributed by atoms with Gasteiger partial charge in [-0.25, -0.2) is 0 Å². The number of carbonyl (C=O) groups is 1. The number of hydrogen-bond acceptors (Lipinski definition) is 3. The van der Waals surface area contributed by atoms with Crippen molar-refractivity contribution >= 4 is 29.1 Å². The molecular weight excluding hydrogens is 407 g/mol. The molecule has 6 heteroatoms. The Hall–Kier alpha value is -1.75. The van der Waals surface area contributed by atoms with Crippen LogP contribution in [0, 0.1) is 12.8 Å². The summed E-state index contributed by atoms with van der Waals surface area (Å²) < 4.78 is 5.77. The van der Waals surface area contributed by atoms with Gasteiger partial charge in [-0.1, -0.05) is 47.0 Å². The Labute approximate surface area is 183 Å². The van der Waals surface area contributed by atoms with Crippen molar-refractivity contribution in [2.45, 2.75) is 39.3 Å². The van der Waals surface area contributed by atoms with Crippen molar-refractivity contribution in [3.8, 4) is 5.75 Å². The van der Waals surface area contributed by atoms with Gasteiger partial charge < -0.3 is 10.1 Å². The summed E-state index contributed by atoms with van der Waals surface area (Å²) in [5.41, 5.74) is 2.27. The maximum absolute atomic E-state index is 12.6. The fourth-order valence-corrected chi connectivity index (χ4v) is 3.97. The van der Waals surface area contributed by atoms with Gasteiger partial charge in [-0.05, 0) is 69.6 Å². The molecule has 1 aliphatic heterocycles. The second-order valence-corrected chi connectivity index (χ2v) is 8.66. The smallest absolute Gasteiger partial charge is 0.223 e. The zero-order chi connectivity index (χ0) is 20.8. The van der Waals surface area contributed by atoms with Gasteiger partial charge in [0, 0.05) is 22.5 Å². The molecule has 0 saturated carbocycles. The number of aryl methyl sites for hydroxylation is 1. The zero-order valence-electron chi connectivity index (χ0n) is 17.0. The van der Waals surface area contributed by atoms with Crippen molar-refractivity contribution in [3.05, 3.63) is 63.6 Å². The van der Waals surface area contributed by atoms with Crippen molar-refractivity contribution < 1.29 is 9.53 Å². The van der Waals surface area contributed by atoms with Gasteiger partial charge in [-0.15, -0.1) is 0 Å². The van der Waals surface area contributed by atoms with Gasteiger partial charge in [0.1, 0.15) is 12.4 Å². The molecule has 1 amide bonds. The van der Waals surface area contributed by atoms with Crippen LogP contribution >= 0.6 is 23.2 Å². The van der Waals surface area contributed by atoms with Crippen LogP contribution in [0.1, 0.15) is 30.9 Å². The highest BCUT2D eigenvalue weighted by atomic mass is 35.5. The molecule has 0 radical (unpaired) electrons. The highest BCUT2D eigenvalue weighted by molar-refractivity contribution is 6.35. The summed E-state index contributed by atoms with van der Waals surface area (Å²) in [4.78, 5) is 14.9. The molecule has 0 aromatic heterocycles. The van der Waals surface area contributed by atoms with Crippen LogP contribution in [0.4, 0.5) is 0 Å². The molecule has 1 fully saturated rings. The molecule has 3 rings (SSSR count). The number of carbonyl (C=O) groups excluding carboxylic acids is 1. The molecule has 2 aromatic carbocycles. The maximum atomic E-state index is 12.6. The molecule has 1 heterocycles. The predicted octanol–water partition coefficient (Wildman–Crippen LogP) is 5.10. The minimum Gasteiger partial charge on any atom is -0.491 e. The third kappa shape index (κ3) is 6.63. The van der Waals surface area contributed by atoms with Crippen LogP contribution in [-0.4, -0.2) is 36.5 Å². The first-order valence-electron chi connectivity index (χ1n) is 10.1. The number of nitrogens with one attached hydrogen (secondary N) is 1. The van der Waals surface area contributed by atoms with E-state index in [9.17, 15) is 4.79 Å². The number of rotatable bonds is 7. The molecule has 1 atom stereocenters. The van der Waals surface area contributed by atoms with E-state index in [4.69, 9.17) is 27.9 Å². The van der Waals surface area contributed by atoms with Crippen LogP contribution in [0.3, 0.4) is 0 Å².